The van der Waals surface area contributed by atoms with Crippen LogP contribution in [0.1, 0.15) is 11.1 Å². The number of carboxylic acid groups (broad SMARTS) is 1. The number of phenols is 1. The second kappa shape index (κ2) is 7.77. The third-order valence-electron chi connectivity index (χ3n) is 4.97. The van der Waals surface area contributed by atoms with Crippen molar-refractivity contribution >= 4 is 27.7 Å². The Balaban J connectivity index is 1.70. The fourth-order valence-corrected chi connectivity index (χ4v) is 3.48. The van der Waals surface area contributed by atoms with E-state index < -0.39 is 17.6 Å². The van der Waals surface area contributed by atoms with Crippen LogP contribution in [0.25, 0.3) is 21.7 Å². The van der Waals surface area contributed by atoms with Gasteiger partial charge in [-0.25, -0.2) is 4.79 Å². The van der Waals surface area contributed by atoms with E-state index in [2.05, 4.69) is 5.32 Å². The number of nitrogens with one attached hydrogen (secondary N) is 1. The lowest BCUT2D eigenvalue weighted by Gasteiger charge is -2.16. The van der Waals surface area contributed by atoms with Crippen LogP contribution in [0.4, 0.5) is 0 Å². The molecule has 29 heavy (non-hydrogen) atoms. The minimum Gasteiger partial charge on any atom is -0.507 e. The highest BCUT2D eigenvalue weighted by Crippen LogP contribution is 2.30. The highest BCUT2D eigenvalue weighted by molar-refractivity contribution is 6.05. The predicted octanol–water partition coefficient (Wildman–Crippen LogP) is 3.44. The molecule has 0 saturated heterocycles. The molecule has 0 aliphatic carbocycles. The molecule has 0 unspecified atom stereocenters. The van der Waals surface area contributed by atoms with Gasteiger partial charge in [-0.1, -0.05) is 48.5 Å². The maximum Gasteiger partial charge on any atom is 0.344 e. The van der Waals surface area contributed by atoms with Gasteiger partial charge in [0.1, 0.15) is 17.4 Å². The lowest BCUT2D eigenvalue weighted by Crippen LogP contribution is -2.38. The van der Waals surface area contributed by atoms with Crippen molar-refractivity contribution < 1.29 is 19.4 Å². The molecule has 4 aromatic rings. The Hall–Kier alpha value is -3.64. The largest absolute Gasteiger partial charge is 0.507 e. The van der Waals surface area contributed by atoms with Crippen molar-refractivity contribution in [3.63, 3.8) is 0 Å². The van der Waals surface area contributed by atoms with Crippen LogP contribution in [0.15, 0.2) is 75.9 Å². The summed E-state index contributed by atoms with van der Waals surface area (Å²) in [5.74, 6) is -1.06. The molecule has 0 bridgehead atoms. The van der Waals surface area contributed by atoms with Crippen molar-refractivity contribution in [1.29, 1.82) is 0 Å². The van der Waals surface area contributed by atoms with Gasteiger partial charge >= 0.3 is 11.6 Å². The number of hydrogen-bond donors (Lipinski definition) is 3. The topological polar surface area (TPSA) is 99.8 Å². The van der Waals surface area contributed by atoms with Gasteiger partial charge < -0.3 is 14.6 Å². The number of hydrogen-bond acceptors (Lipinski definition) is 5. The first-order chi connectivity index (χ1) is 14.0. The van der Waals surface area contributed by atoms with Crippen LogP contribution in [0, 0.1) is 0 Å². The lowest BCUT2D eigenvalue weighted by molar-refractivity contribution is -0.139. The zero-order chi connectivity index (χ0) is 20.4. The fourth-order valence-electron chi connectivity index (χ4n) is 3.48. The minimum absolute atomic E-state index is 0.0360. The fraction of sp³-hybridized carbons (Fsp3) is 0.130. The van der Waals surface area contributed by atoms with Gasteiger partial charge in [0.25, 0.3) is 0 Å². The number of carboxylic acids is 1. The van der Waals surface area contributed by atoms with Gasteiger partial charge in [0.15, 0.2) is 0 Å². The van der Waals surface area contributed by atoms with Crippen LogP contribution < -0.4 is 10.9 Å². The maximum atomic E-state index is 12.4. The summed E-state index contributed by atoms with van der Waals surface area (Å²) >= 11 is 0. The minimum atomic E-state index is -1.000. The number of aromatic hydroxyl groups is 1. The summed E-state index contributed by atoms with van der Waals surface area (Å²) in [4.78, 5) is 24.1. The smallest absolute Gasteiger partial charge is 0.344 e. The standard InChI is InChI=1S/C23H19NO5/c25-20-11-10-16-15-8-4-5-9-17(15)23(28)29-21(16)18(20)13-24-19(22(26)27)12-14-6-2-1-3-7-14/h1-11,19,24-25H,12-13H2,(H,26,27)/t19-/m0/s1. The van der Waals surface area contributed by atoms with Gasteiger partial charge in [0.2, 0.25) is 0 Å². The quantitative estimate of drug-likeness (QED) is 0.345. The highest BCUT2D eigenvalue weighted by atomic mass is 16.4. The van der Waals surface area contributed by atoms with E-state index in [1.54, 1.807) is 18.2 Å². The first kappa shape index (κ1) is 18.7. The van der Waals surface area contributed by atoms with Crippen LogP contribution in [-0.4, -0.2) is 22.2 Å². The molecule has 1 heterocycles. The molecule has 4 rings (SSSR count). The van der Waals surface area contributed by atoms with Crippen molar-refractivity contribution in [3.05, 3.63) is 88.3 Å². The van der Waals surface area contributed by atoms with Gasteiger partial charge in [0.05, 0.1) is 10.9 Å². The van der Waals surface area contributed by atoms with Gasteiger partial charge in [0, 0.05) is 11.9 Å². The average molecular weight is 389 g/mol. The number of fused-ring (bicyclic) bond motifs is 3. The average Bonchev–Trinajstić information content (AvgIpc) is 2.73. The van der Waals surface area contributed by atoms with E-state index in [0.717, 1.165) is 10.9 Å². The van der Waals surface area contributed by atoms with Gasteiger partial charge in [-0.3, -0.25) is 10.1 Å². The van der Waals surface area contributed by atoms with Crippen molar-refractivity contribution in [2.75, 3.05) is 0 Å². The van der Waals surface area contributed by atoms with E-state index >= 15 is 0 Å². The highest BCUT2D eigenvalue weighted by Gasteiger charge is 2.20. The van der Waals surface area contributed by atoms with Crippen molar-refractivity contribution in [2.45, 2.75) is 19.0 Å². The Labute approximate surface area is 166 Å². The predicted molar refractivity (Wildman–Crippen MR) is 110 cm³/mol. The summed E-state index contributed by atoms with van der Waals surface area (Å²) in [7, 11) is 0. The van der Waals surface area contributed by atoms with E-state index in [-0.39, 0.29) is 24.3 Å². The van der Waals surface area contributed by atoms with Crippen LogP contribution in [0.2, 0.25) is 0 Å². The third-order valence-corrected chi connectivity index (χ3v) is 4.97. The van der Waals surface area contributed by atoms with Gasteiger partial charge in [-0.2, -0.15) is 0 Å². The Morgan fingerprint density at radius 2 is 1.62 bits per heavy atom. The molecule has 0 aliphatic rings. The number of phenolic OH excluding ortho intramolecular Hbond substituents is 1. The molecule has 0 saturated carbocycles. The summed E-state index contributed by atoms with van der Waals surface area (Å²) < 4.78 is 5.49. The molecule has 0 spiro atoms. The number of aliphatic carboxylic acids is 1. The van der Waals surface area contributed by atoms with Crippen molar-refractivity contribution in [2.24, 2.45) is 0 Å². The second-order valence-electron chi connectivity index (χ2n) is 6.84. The van der Waals surface area contributed by atoms with E-state index in [4.69, 9.17) is 4.42 Å². The Morgan fingerprint density at radius 3 is 2.34 bits per heavy atom. The molecule has 0 fully saturated rings. The van der Waals surface area contributed by atoms with Crippen LogP contribution in [0.3, 0.4) is 0 Å². The molecule has 6 heteroatoms. The van der Waals surface area contributed by atoms with E-state index in [9.17, 15) is 19.8 Å². The first-order valence-electron chi connectivity index (χ1n) is 9.21. The zero-order valence-electron chi connectivity index (χ0n) is 15.5. The maximum absolute atomic E-state index is 12.4. The Kier molecular flexibility index (Phi) is 5.01. The molecular formula is C23H19NO5. The van der Waals surface area contributed by atoms with E-state index in [1.807, 2.05) is 42.5 Å². The summed E-state index contributed by atoms with van der Waals surface area (Å²) in [5.41, 5.74) is 0.987. The van der Waals surface area contributed by atoms with Crippen molar-refractivity contribution in [3.8, 4) is 5.75 Å². The summed E-state index contributed by atoms with van der Waals surface area (Å²) in [6.07, 6.45) is 0.286. The van der Waals surface area contributed by atoms with Gasteiger partial charge in [-0.05, 0) is 35.6 Å². The molecule has 0 amide bonds. The number of carbonyl (C=O) groups is 1. The molecule has 1 aromatic heterocycles. The molecule has 6 nitrogen and oxygen atoms in total. The molecule has 3 aromatic carbocycles. The Morgan fingerprint density at radius 1 is 0.931 bits per heavy atom. The SMILES string of the molecule is O=C(O)[C@H](Cc1ccccc1)NCc1c(O)ccc2c1oc(=O)c1ccccc12. The van der Waals surface area contributed by atoms with Crippen LogP contribution in [-0.2, 0) is 17.8 Å². The summed E-state index contributed by atoms with van der Waals surface area (Å²) in [6, 6.07) is 18.7. The molecule has 1 atom stereocenters. The summed E-state index contributed by atoms with van der Waals surface area (Å²) in [5, 5.41) is 24.8. The van der Waals surface area contributed by atoms with Crippen LogP contribution in [0.5, 0.6) is 5.75 Å². The monoisotopic (exact) mass is 389 g/mol. The van der Waals surface area contributed by atoms with E-state index in [1.165, 1.54) is 6.07 Å². The Bertz CT molecular complexity index is 1250. The van der Waals surface area contributed by atoms with E-state index in [0.29, 0.717) is 16.3 Å². The van der Waals surface area contributed by atoms with Gasteiger partial charge in [-0.15, -0.1) is 0 Å². The third kappa shape index (κ3) is 3.70. The molecule has 3 N–H and O–H groups in total. The molecule has 0 radical (unpaired) electrons. The molecular weight excluding hydrogens is 370 g/mol. The second-order valence-corrected chi connectivity index (χ2v) is 6.84. The first-order valence-corrected chi connectivity index (χ1v) is 9.21. The van der Waals surface area contributed by atoms with Crippen LogP contribution >= 0.6 is 0 Å². The van der Waals surface area contributed by atoms with Crippen molar-refractivity contribution in [1.82, 2.24) is 5.32 Å². The summed E-state index contributed by atoms with van der Waals surface area (Å²) in [6.45, 7) is 0.0360. The number of benzene rings is 3. The molecule has 0 aliphatic heterocycles. The zero-order valence-corrected chi connectivity index (χ0v) is 15.5. The number of rotatable bonds is 6. The lowest BCUT2D eigenvalue weighted by atomic mass is 10.0. The molecule has 146 valence electrons. The normalized spacial score (nSPS) is 12.3.